The van der Waals surface area contributed by atoms with Crippen LogP contribution >= 0.6 is 11.3 Å². The number of carbonyl (C=O) groups is 1. The molecule has 1 amide bonds. The molecule has 7 heteroatoms. The third-order valence-electron chi connectivity index (χ3n) is 5.20. The number of para-hydroxylation sites is 1. The summed E-state index contributed by atoms with van der Waals surface area (Å²) in [6.07, 6.45) is 2.33. The Balaban J connectivity index is 1.53. The zero-order chi connectivity index (χ0) is 18.3. The number of amides is 1. The minimum Gasteiger partial charge on any atom is -0.312 e. The molecule has 138 valence electrons. The molecule has 1 aromatic carbocycles. The first-order valence-electron chi connectivity index (χ1n) is 8.93. The monoisotopic (exact) mass is 390 g/mol. The van der Waals surface area contributed by atoms with E-state index < -0.39 is 10.0 Å². The van der Waals surface area contributed by atoms with Crippen molar-refractivity contribution < 1.29 is 13.2 Å². The summed E-state index contributed by atoms with van der Waals surface area (Å²) in [6, 6.07) is 11.5. The van der Waals surface area contributed by atoms with Crippen LogP contribution in [0.5, 0.6) is 0 Å². The van der Waals surface area contributed by atoms with Gasteiger partial charge < -0.3 is 4.90 Å². The number of piperidine rings is 1. The second kappa shape index (κ2) is 6.79. The number of nitrogens with zero attached hydrogens (tertiary/aromatic N) is 2. The number of sulfonamides is 1. The van der Waals surface area contributed by atoms with Gasteiger partial charge in [-0.15, -0.1) is 11.3 Å². The predicted molar refractivity (Wildman–Crippen MR) is 103 cm³/mol. The van der Waals surface area contributed by atoms with Crippen LogP contribution in [-0.4, -0.2) is 38.3 Å². The third kappa shape index (κ3) is 3.08. The van der Waals surface area contributed by atoms with Crippen LogP contribution in [0.15, 0.2) is 40.6 Å². The lowest BCUT2D eigenvalue weighted by Gasteiger charge is -2.33. The summed E-state index contributed by atoms with van der Waals surface area (Å²) in [4.78, 5) is 15.9. The van der Waals surface area contributed by atoms with Crippen molar-refractivity contribution in [1.82, 2.24) is 4.31 Å². The molecule has 2 aliphatic heterocycles. The van der Waals surface area contributed by atoms with Gasteiger partial charge in [-0.1, -0.05) is 18.2 Å². The van der Waals surface area contributed by atoms with Gasteiger partial charge in [-0.2, -0.15) is 4.31 Å². The summed E-state index contributed by atoms with van der Waals surface area (Å²) in [5, 5.41) is 0. The SMILES string of the molecule is Cc1ccc(S(=O)(=O)N2CCC[C@H](C(=O)N3CCc4ccccc43)C2)s1. The van der Waals surface area contributed by atoms with Gasteiger partial charge >= 0.3 is 0 Å². The van der Waals surface area contributed by atoms with Gasteiger partial charge in [0.25, 0.3) is 10.0 Å². The van der Waals surface area contributed by atoms with Crippen molar-refractivity contribution in [3.05, 3.63) is 46.8 Å². The van der Waals surface area contributed by atoms with Crippen molar-refractivity contribution in [2.24, 2.45) is 5.92 Å². The molecule has 0 bridgehead atoms. The van der Waals surface area contributed by atoms with E-state index in [4.69, 9.17) is 0 Å². The molecule has 1 atom stereocenters. The molecule has 1 aromatic heterocycles. The fourth-order valence-corrected chi connectivity index (χ4v) is 6.79. The van der Waals surface area contributed by atoms with Gasteiger partial charge in [-0.3, -0.25) is 4.79 Å². The Kier molecular flexibility index (Phi) is 4.62. The van der Waals surface area contributed by atoms with Crippen LogP contribution in [0.4, 0.5) is 5.69 Å². The first-order valence-corrected chi connectivity index (χ1v) is 11.2. The molecule has 0 unspecified atom stereocenters. The first-order chi connectivity index (χ1) is 12.5. The maximum Gasteiger partial charge on any atom is 0.252 e. The summed E-state index contributed by atoms with van der Waals surface area (Å²) in [7, 11) is -3.51. The fraction of sp³-hybridized carbons (Fsp3) is 0.421. The van der Waals surface area contributed by atoms with Crippen molar-refractivity contribution in [3.8, 4) is 0 Å². The largest absolute Gasteiger partial charge is 0.312 e. The highest BCUT2D eigenvalue weighted by molar-refractivity contribution is 7.91. The van der Waals surface area contributed by atoms with Crippen molar-refractivity contribution >= 4 is 33.0 Å². The van der Waals surface area contributed by atoms with E-state index in [2.05, 4.69) is 6.07 Å². The topological polar surface area (TPSA) is 57.7 Å². The quantitative estimate of drug-likeness (QED) is 0.809. The summed E-state index contributed by atoms with van der Waals surface area (Å²) in [5.41, 5.74) is 2.17. The normalized spacial score (nSPS) is 21.0. The molecule has 5 nitrogen and oxygen atoms in total. The van der Waals surface area contributed by atoms with Gasteiger partial charge in [0.1, 0.15) is 4.21 Å². The van der Waals surface area contributed by atoms with Crippen LogP contribution < -0.4 is 4.90 Å². The van der Waals surface area contributed by atoms with E-state index in [0.29, 0.717) is 17.3 Å². The number of carbonyl (C=O) groups excluding carboxylic acids is 1. The van der Waals surface area contributed by atoms with Gasteiger partial charge in [-0.05, 0) is 49.9 Å². The van der Waals surface area contributed by atoms with Crippen LogP contribution in [0.3, 0.4) is 0 Å². The number of fused-ring (bicyclic) bond motifs is 1. The lowest BCUT2D eigenvalue weighted by molar-refractivity contribution is -0.123. The number of hydrogen-bond acceptors (Lipinski definition) is 4. The Morgan fingerprint density at radius 2 is 1.96 bits per heavy atom. The molecule has 26 heavy (non-hydrogen) atoms. The van der Waals surface area contributed by atoms with Crippen molar-refractivity contribution in [2.75, 3.05) is 24.5 Å². The molecule has 4 rings (SSSR count). The Labute approximate surface area is 158 Å². The Bertz CT molecular complexity index is 936. The van der Waals surface area contributed by atoms with Crippen molar-refractivity contribution in [2.45, 2.75) is 30.4 Å². The van der Waals surface area contributed by atoms with E-state index in [-0.39, 0.29) is 18.4 Å². The molecule has 1 saturated heterocycles. The molecule has 2 aromatic rings. The van der Waals surface area contributed by atoms with Crippen molar-refractivity contribution in [3.63, 3.8) is 0 Å². The average Bonchev–Trinajstić information content (AvgIpc) is 3.28. The third-order valence-corrected chi connectivity index (χ3v) is 8.53. The number of aryl methyl sites for hydroxylation is 1. The Morgan fingerprint density at radius 1 is 1.15 bits per heavy atom. The molecule has 3 heterocycles. The standard InChI is InChI=1S/C19H22N2O3S2/c1-14-8-9-18(25-14)26(23,24)20-11-4-6-16(13-20)19(22)21-12-10-15-5-2-3-7-17(15)21/h2-3,5,7-9,16H,4,6,10-13H2,1H3/t16-/m0/s1. The molecule has 0 N–H and O–H groups in total. The van der Waals surface area contributed by atoms with Gasteiger partial charge in [0.05, 0.1) is 5.92 Å². The Morgan fingerprint density at radius 3 is 2.73 bits per heavy atom. The lowest BCUT2D eigenvalue weighted by atomic mass is 9.98. The predicted octanol–water partition coefficient (Wildman–Crippen LogP) is 3.05. The van der Waals surface area contributed by atoms with E-state index in [9.17, 15) is 13.2 Å². The first kappa shape index (κ1) is 17.7. The van der Waals surface area contributed by atoms with Gasteiger partial charge in [-0.25, -0.2) is 8.42 Å². The highest BCUT2D eigenvalue weighted by Crippen LogP contribution is 2.32. The number of benzene rings is 1. The highest BCUT2D eigenvalue weighted by Gasteiger charge is 2.37. The molecule has 1 fully saturated rings. The van der Waals surface area contributed by atoms with E-state index in [1.165, 1.54) is 21.2 Å². The maximum absolute atomic E-state index is 13.1. The van der Waals surface area contributed by atoms with E-state index in [1.807, 2.05) is 36.1 Å². The average molecular weight is 391 g/mol. The van der Waals surface area contributed by atoms with Crippen molar-refractivity contribution in [1.29, 1.82) is 0 Å². The molecule has 0 saturated carbocycles. The van der Waals surface area contributed by atoms with E-state index in [1.54, 1.807) is 6.07 Å². The van der Waals surface area contributed by atoms with Crippen LogP contribution in [0.2, 0.25) is 0 Å². The van der Waals surface area contributed by atoms with Gasteiger partial charge in [0.2, 0.25) is 5.91 Å². The summed E-state index contributed by atoms with van der Waals surface area (Å²) >= 11 is 1.29. The molecule has 0 aliphatic carbocycles. The zero-order valence-electron chi connectivity index (χ0n) is 14.7. The second-order valence-corrected chi connectivity index (χ2v) is 10.4. The smallest absolute Gasteiger partial charge is 0.252 e. The minimum atomic E-state index is -3.51. The molecular formula is C19H22N2O3S2. The van der Waals surface area contributed by atoms with Gasteiger partial charge in [0.15, 0.2) is 0 Å². The summed E-state index contributed by atoms with van der Waals surface area (Å²) in [6.45, 7) is 3.35. The molecule has 2 aliphatic rings. The fourth-order valence-electron chi connectivity index (χ4n) is 3.83. The van der Waals surface area contributed by atoms with Crippen LogP contribution in [-0.2, 0) is 21.2 Å². The Hall–Kier alpha value is -1.70. The van der Waals surface area contributed by atoms with Crippen LogP contribution in [0, 0.1) is 12.8 Å². The van der Waals surface area contributed by atoms with E-state index in [0.717, 1.165) is 29.8 Å². The zero-order valence-corrected chi connectivity index (χ0v) is 16.4. The lowest BCUT2D eigenvalue weighted by Crippen LogP contribution is -2.46. The second-order valence-electron chi connectivity index (χ2n) is 6.94. The summed E-state index contributed by atoms with van der Waals surface area (Å²) < 4.78 is 27.7. The molecular weight excluding hydrogens is 368 g/mol. The number of rotatable bonds is 3. The van der Waals surface area contributed by atoms with Crippen LogP contribution in [0.1, 0.15) is 23.3 Å². The minimum absolute atomic E-state index is 0.0530. The number of thiophene rings is 1. The molecule has 0 radical (unpaired) electrons. The van der Waals surface area contributed by atoms with Crippen LogP contribution in [0.25, 0.3) is 0 Å². The maximum atomic E-state index is 13.1. The number of hydrogen-bond donors (Lipinski definition) is 0. The van der Waals surface area contributed by atoms with Gasteiger partial charge in [0, 0.05) is 30.2 Å². The summed E-state index contributed by atoms with van der Waals surface area (Å²) in [5.74, 6) is -0.219. The number of anilines is 1. The molecule has 0 spiro atoms. The van der Waals surface area contributed by atoms with E-state index >= 15 is 0 Å². The highest BCUT2D eigenvalue weighted by atomic mass is 32.2.